The third-order valence-electron chi connectivity index (χ3n) is 3.53. The SMILES string of the molecule is COc1cc(C)cc(OC)c1O[C@@H](C)C(=O)Nc1cccc(C#N)c1. The topological polar surface area (TPSA) is 80.6 Å². The number of aryl methyl sites for hydroxylation is 1. The molecule has 1 amide bonds. The third-order valence-corrected chi connectivity index (χ3v) is 3.53. The van der Waals surface area contributed by atoms with Crippen LogP contribution in [-0.4, -0.2) is 26.2 Å². The van der Waals surface area contributed by atoms with Crippen LogP contribution in [0.15, 0.2) is 36.4 Å². The summed E-state index contributed by atoms with van der Waals surface area (Å²) in [5.74, 6) is 0.995. The van der Waals surface area contributed by atoms with E-state index < -0.39 is 6.10 Å². The first-order chi connectivity index (χ1) is 12.0. The monoisotopic (exact) mass is 340 g/mol. The van der Waals surface area contributed by atoms with Crippen molar-refractivity contribution in [2.45, 2.75) is 20.0 Å². The molecule has 6 heteroatoms. The quantitative estimate of drug-likeness (QED) is 0.873. The third kappa shape index (κ3) is 4.42. The lowest BCUT2D eigenvalue weighted by atomic mass is 10.2. The summed E-state index contributed by atoms with van der Waals surface area (Å²) in [5.41, 5.74) is 1.95. The van der Waals surface area contributed by atoms with E-state index in [2.05, 4.69) is 5.32 Å². The molecule has 1 atom stereocenters. The normalized spacial score (nSPS) is 11.2. The van der Waals surface area contributed by atoms with Crippen molar-refractivity contribution in [3.63, 3.8) is 0 Å². The fraction of sp³-hybridized carbons (Fsp3) is 0.263. The predicted octanol–water partition coefficient (Wildman–Crippen LogP) is 3.29. The largest absolute Gasteiger partial charge is 0.493 e. The zero-order chi connectivity index (χ0) is 18.4. The number of nitrogens with zero attached hydrogens (tertiary/aromatic N) is 1. The van der Waals surface area contributed by atoms with Crippen LogP contribution in [0.2, 0.25) is 0 Å². The smallest absolute Gasteiger partial charge is 0.265 e. The Bertz CT molecular complexity index is 786. The van der Waals surface area contributed by atoms with Gasteiger partial charge in [0.25, 0.3) is 5.91 Å². The molecule has 25 heavy (non-hydrogen) atoms. The summed E-state index contributed by atoms with van der Waals surface area (Å²) in [5, 5.41) is 11.6. The lowest BCUT2D eigenvalue weighted by Gasteiger charge is -2.19. The molecule has 0 aromatic heterocycles. The Morgan fingerprint density at radius 1 is 1.16 bits per heavy atom. The maximum Gasteiger partial charge on any atom is 0.265 e. The number of hydrogen-bond donors (Lipinski definition) is 1. The molecule has 0 aliphatic heterocycles. The van der Waals surface area contributed by atoms with Gasteiger partial charge >= 0.3 is 0 Å². The molecule has 1 N–H and O–H groups in total. The first-order valence-electron chi connectivity index (χ1n) is 7.68. The summed E-state index contributed by atoms with van der Waals surface area (Å²) in [6, 6.07) is 12.3. The molecule has 130 valence electrons. The second-order valence-electron chi connectivity index (χ2n) is 5.44. The zero-order valence-electron chi connectivity index (χ0n) is 14.6. The summed E-state index contributed by atoms with van der Waals surface area (Å²) in [4.78, 5) is 12.4. The van der Waals surface area contributed by atoms with Gasteiger partial charge < -0.3 is 19.5 Å². The Hall–Kier alpha value is -3.20. The average Bonchev–Trinajstić information content (AvgIpc) is 2.62. The molecule has 2 aromatic carbocycles. The van der Waals surface area contributed by atoms with Crippen LogP contribution in [0.4, 0.5) is 5.69 Å². The second kappa shape index (κ2) is 8.06. The van der Waals surface area contributed by atoms with Crippen molar-refractivity contribution in [3.8, 4) is 23.3 Å². The Morgan fingerprint density at radius 2 is 1.80 bits per heavy atom. The standard InChI is InChI=1S/C19H20N2O4/c1-12-8-16(23-3)18(17(9-12)24-4)25-13(2)19(22)21-15-7-5-6-14(10-15)11-20/h5-10,13H,1-4H3,(H,21,22)/t13-/m0/s1. The van der Waals surface area contributed by atoms with Gasteiger partial charge in [-0.2, -0.15) is 5.26 Å². The van der Waals surface area contributed by atoms with Crippen molar-refractivity contribution >= 4 is 11.6 Å². The maximum absolute atomic E-state index is 12.4. The number of rotatable bonds is 6. The molecule has 0 aliphatic rings. The van der Waals surface area contributed by atoms with E-state index in [4.69, 9.17) is 19.5 Å². The Balaban J connectivity index is 2.17. The van der Waals surface area contributed by atoms with Crippen LogP contribution >= 0.6 is 0 Å². The van der Waals surface area contributed by atoms with E-state index in [0.717, 1.165) is 5.56 Å². The van der Waals surface area contributed by atoms with E-state index in [-0.39, 0.29) is 5.91 Å². The van der Waals surface area contributed by atoms with Crippen molar-refractivity contribution in [2.75, 3.05) is 19.5 Å². The number of nitrogens with one attached hydrogen (secondary N) is 1. The van der Waals surface area contributed by atoms with E-state index in [0.29, 0.717) is 28.5 Å². The molecule has 2 rings (SSSR count). The van der Waals surface area contributed by atoms with Gasteiger partial charge in [0.05, 0.1) is 25.9 Å². The summed E-state index contributed by atoms with van der Waals surface area (Å²) < 4.78 is 16.4. The first-order valence-corrected chi connectivity index (χ1v) is 7.68. The highest BCUT2D eigenvalue weighted by Gasteiger charge is 2.21. The average molecular weight is 340 g/mol. The van der Waals surface area contributed by atoms with Crippen LogP contribution < -0.4 is 19.5 Å². The van der Waals surface area contributed by atoms with Gasteiger partial charge in [0.15, 0.2) is 17.6 Å². The zero-order valence-corrected chi connectivity index (χ0v) is 14.6. The van der Waals surface area contributed by atoms with Crippen molar-refractivity contribution < 1.29 is 19.0 Å². The number of amides is 1. The predicted molar refractivity (Wildman–Crippen MR) is 94.2 cm³/mol. The molecule has 0 fully saturated rings. The number of ether oxygens (including phenoxy) is 3. The molecule has 0 spiro atoms. The minimum absolute atomic E-state index is 0.347. The van der Waals surface area contributed by atoms with E-state index >= 15 is 0 Å². The van der Waals surface area contributed by atoms with Crippen LogP contribution in [0.5, 0.6) is 17.2 Å². The van der Waals surface area contributed by atoms with Crippen LogP contribution in [-0.2, 0) is 4.79 Å². The van der Waals surface area contributed by atoms with Crippen molar-refractivity contribution in [2.24, 2.45) is 0 Å². The van der Waals surface area contributed by atoms with Gasteiger partial charge in [0.2, 0.25) is 5.75 Å². The highest BCUT2D eigenvalue weighted by molar-refractivity contribution is 5.94. The van der Waals surface area contributed by atoms with Gasteiger partial charge in [-0.1, -0.05) is 6.07 Å². The molecule has 0 heterocycles. The summed E-state index contributed by atoms with van der Waals surface area (Å²) in [7, 11) is 3.05. The number of carbonyl (C=O) groups is 1. The molecule has 0 aliphatic carbocycles. The van der Waals surface area contributed by atoms with Gasteiger partial charge in [0, 0.05) is 5.69 Å². The molecule has 6 nitrogen and oxygen atoms in total. The van der Waals surface area contributed by atoms with E-state index in [9.17, 15) is 4.79 Å². The molecule has 0 radical (unpaired) electrons. The van der Waals surface area contributed by atoms with Gasteiger partial charge in [-0.3, -0.25) is 4.79 Å². The lowest BCUT2D eigenvalue weighted by molar-refractivity contribution is -0.122. The molecule has 0 saturated carbocycles. The summed E-state index contributed by atoms with van der Waals surface area (Å²) >= 11 is 0. The number of methoxy groups -OCH3 is 2. The number of anilines is 1. The highest BCUT2D eigenvalue weighted by Crippen LogP contribution is 2.39. The van der Waals surface area contributed by atoms with Crippen molar-refractivity contribution in [1.82, 2.24) is 0 Å². The molecule has 2 aromatic rings. The van der Waals surface area contributed by atoms with Crippen LogP contribution in [0.1, 0.15) is 18.1 Å². The Labute approximate surface area is 146 Å². The van der Waals surface area contributed by atoms with Crippen LogP contribution in [0.25, 0.3) is 0 Å². The summed E-state index contributed by atoms with van der Waals surface area (Å²) in [6.45, 7) is 3.54. The van der Waals surface area contributed by atoms with Crippen LogP contribution in [0.3, 0.4) is 0 Å². The lowest BCUT2D eigenvalue weighted by Crippen LogP contribution is -2.30. The summed E-state index contributed by atoms with van der Waals surface area (Å²) in [6.07, 6.45) is -0.795. The Kier molecular flexibility index (Phi) is 5.85. The minimum Gasteiger partial charge on any atom is -0.493 e. The fourth-order valence-corrected chi connectivity index (χ4v) is 2.27. The van der Waals surface area contributed by atoms with Crippen molar-refractivity contribution in [3.05, 3.63) is 47.5 Å². The highest BCUT2D eigenvalue weighted by atomic mass is 16.5. The first kappa shape index (κ1) is 18.1. The maximum atomic E-state index is 12.4. The molecule has 0 bridgehead atoms. The van der Waals surface area contributed by atoms with Gasteiger partial charge in [-0.05, 0) is 49.7 Å². The van der Waals surface area contributed by atoms with Crippen LogP contribution in [0, 0.1) is 18.3 Å². The Morgan fingerprint density at radius 3 is 2.36 bits per heavy atom. The van der Waals surface area contributed by atoms with E-state index in [1.165, 1.54) is 14.2 Å². The minimum atomic E-state index is -0.795. The van der Waals surface area contributed by atoms with E-state index in [1.807, 2.05) is 13.0 Å². The van der Waals surface area contributed by atoms with Gasteiger partial charge in [-0.25, -0.2) is 0 Å². The molecular formula is C19H20N2O4. The molecular weight excluding hydrogens is 320 g/mol. The van der Waals surface area contributed by atoms with Crippen molar-refractivity contribution in [1.29, 1.82) is 5.26 Å². The molecule has 0 unspecified atom stereocenters. The van der Waals surface area contributed by atoms with Gasteiger partial charge in [-0.15, -0.1) is 0 Å². The van der Waals surface area contributed by atoms with Gasteiger partial charge in [0.1, 0.15) is 0 Å². The van der Waals surface area contributed by atoms with E-state index in [1.54, 1.807) is 43.3 Å². The number of benzene rings is 2. The fourth-order valence-electron chi connectivity index (χ4n) is 2.27. The second-order valence-corrected chi connectivity index (χ2v) is 5.44. The number of carbonyl (C=O) groups excluding carboxylic acids is 1. The number of hydrogen-bond acceptors (Lipinski definition) is 5. The molecule has 0 saturated heterocycles. The number of nitriles is 1.